The number of hydrogen-bond donors (Lipinski definition) is 1. The molecule has 1 aromatic carbocycles. The molecule has 0 saturated carbocycles. The van der Waals surface area contributed by atoms with Crippen LogP contribution in [0.25, 0.3) is 5.57 Å². The van der Waals surface area contributed by atoms with Gasteiger partial charge in [0.05, 0.1) is 5.56 Å². The molecule has 1 heterocycles. The van der Waals surface area contributed by atoms with Crippen molar-refractivity contribution in [2.24, 2.45) is 0 Å². The number of hydrogen-bond acceptors (Lipinski definition) is 2. The first-order valence-electron chi connectivity index (χ1n) is 6.21. The number of carboxylic acid groups (broad SMARTS) is 1. The summed E-state index contributed by atoms with van der Waals surface area (Å²) in [4.78, 5) is 11.4. The van der Waals surface area contributed by atoms with Gasteiger partial charge < -0.3 is 5.11 Å². The van der Waals surface area contributed by atoms with Gasteiger partial charge in [0.25, 0.3) is 0 Å². The Morgan fingerprint density at radius 2 is 1.82 bits per heavy atom. The normalized spacial score (nSPS) is 12.8. The van der Waals surface area contributed by atoms with Gasteiger partial charge in [0.1, 0.15) is 0 Å². The lowest BCUT2D eigenvalue weighted by Gasteiger charge is -2.09. The van der Waals surface area contributed by atoms with Crippen molar-refractivity contribution < 1.29 is 23.1 Å². The number of thiophene rings is 1. The fourth-order valence-electron chi connectivity index (χ4n) is 1.82. The largest absolute Gasteiger partial charge is 0.478 e. The van der Waals surface area contributed by atoms with Gasteiger partial charge in [-0.2, -0.15) is 13.2 Å². The molecule has 0 radical (unpaired) electrons. The molecular weight excluding hydrogens is 313 g/mol. The maximum Gasteiger partial charge on any atom is 0.416 e. The van der Waals surface area contributed by atoms with Gasteiger partial charge in [-0.3, -0.25) is 0 Å². The highest BCUT2D eigenvalue weighted by atomic mass is 32.1. The number of halogens is 3. The molecule has 0 fully saturated rings. The molecule has 0 bridgehead atoms. The topological polar surface area (TPSA) is 37.3 Å². The quantitative estimate of drug-likeness (QED) is 0.645. The monoisotopic (exact) mass is 324 g/mol. The molecule has 0 aliphatic carbocycles. The van der Waals surface area contributed by atoms with Crippen molar-refractivity contribution in [2.75, 3.05) is 0 Å². The van der Waals surface area contributed by atoms with Crippen molar-refractivity contribution in [2.45, 2.75) is 6.18 Å². The van der Waals surface area contributed by atoms with Crippen LogP contribution in [0, 0.1) is 0 Å². The van der Waals surface area contributed by atoms with E-state index in [2.05, 4.69) is 0 Å². The third kappa shape index (κ3) is 4.08. The minimum absolute atomic E-state index is 0.588. The lowest BCUT2D eigenvalue weighted by molar-refractivity contribution is -0.137. The number of allylic oxidation sites excluding steroid dienone is 2. The third-order valence-electron chi connectivity index (χ3n) is 2.81. The molecule has 0 amide bonds. The number of rotatable bonds is 4. The van der Waals surface area contributed by atoms with Gasteiger partial charge in [-0.05, 0) is 34.7 Å². The predicted molar refractivity (Wildman–Crippen MR) is 79.6 cm³/mol. The number of carboxylic acids is 1. The smallest absolute Gasteiger partial charge is 0.416 e. The lowest BCUT2D eigenvalue weighted by atomic mass is 10.0. The second kappa shape index (κ2) is 6.62. The average Bonchev–Trinajstić information content (AvgIpc) is 2.96. The van der Waals surface area contributed by atoms with Crippen molar-refractivity contribution >= 4 is 22.9 Å². The Balaban J connectivity index is 2.40. The summed E-state index contributed by atoms with van der Waals surface area (Å²) in [6.07, 6.45) is -0.482. The molecule has 0 spiro atoms. The standard InChI is InChI=1S/C16H11F3O2S/c17-16(18,19)12-8-6-11(7-9-12)13(3-1-5-15(20)21)14-4-2-10-22-14/h1-10H,(H,20,21)/b5-1+,13-3-. The fourth-order valence-corrected chi connectivity index (χ4v) is 2.59. The van der Waals surface area contributed by atoms with E-state index in [-0.39, 0.29) is 0 Å². The summed E-state index contributed by atoms with van der Waals surface area (Å²) >= 11 is 1.42. The van der Waals surface area contributed by atoms with E-state index in [1.54, 1.807) is 6.08 Å². The Kier molecular flexibility index (Phi) is 4.82. The van der Waals surface area contributed by atoms with E-state index >= 15 is 0 Å². The summed E-state index contributed by atoms with van der Waals surface area (Å²) in [5.41, 5.74) is 0.537. The highest BCUT2D eigenvalue weighted by molar-refractivity contribution is 7.11. The minimum Gasteiger partial charge on any atom is -0.478 e. The van der Waals surface area contributed by atoms with Gasteiger partial charge in [0, 0.05) is 11.0 Å². The zero-order valence-electron chi connectivity index (χ0n) is 11.2. The van der Waals surface area contributed by atoms with Crippen molar-refractivity contribution in [3.8, 4) is 0 Å². The van der Waals surface area contributed by atoms with Gasteiger partial charge >= 0.3 is 12.1 Å². The van der Waals surface area contributed by atoms with Crippen LogP contribution >= 0.6 is 11.3 Å². The molecule has 2 nitrogen and oxygen atoms in total. The van der Waals surface area contributed by atoms with Crippen LogP contribution in [-0.4, -0.2) is 11.1 Å². The molecule has 0 aliphatic rings. The van der Waals surface area contributed by atoms with Gasteiger partial charge in [-0.25, -0.2) is 4.79 Å². The van der Waals surface area contributed by atoms with E-state index in [0.717, 1.165) is 23.1 Å². The van der Waals surface area contributed by atoms with Crippen LogP contribution in [0.2, 0.25) is 0 Å². The molecular formula is C16H11F3O2S. The lowest BCUT2D eigenvalue weighted by Crippen LogP contribution is -2.04. The Labute approximate surface area is 128 Å². The maximum atomic E-state index is 12.6. The first kappa shape index (κ1) is 16.0. The molecule has 0 atom stereocenters. The summed E-state index contributed by atoms with van der Waals surface area (Å²) in [5.74, 6) is -1.09. The zero-order valence-corrected chi connectivity index (χ0v) is 12.0. The molecule has 0 saturated heterocycles. The molecule has 1 aromatic heterocycles. The highest BCUT2D eigenvalue weighted by Gasteiger charge is 2.30. The van der Waals surface area contributed by atoms with Gasteiger partial charge in [-0.15, -0.1) is 11.3 Å². The summed E-state index contributed by atoms with van der Waals surface area (Å²) in [6.45, 7) is 0. The van der Waals surface area contributed by atoms with Crippen LogP contribution in [0.4, 0.5) is 13.2 Å². The van der Waals surface area contributed by atoms with Gasteiger partial charge in [0.2, 0.25) is 0 Å². The zero-order chi connectivity index (χ0) is 16.2. The van der Waals surface area contributed by atoms with Crippen LogP contribution in [0.5, 0.6) is 0 Å². The van der Waals surface area contributed by atoms with Crippen LogP contribution in [-0.2, 0) is 11.0 Å². The Morgan fingerprint density at radius 3 is 2.32 bits per heavy atom. The van der Waals surface area contributed by atoms with E-state index in [4.69, 9.17) is 5.11 Å². The van der Waals surface area contributed by atoms with E-state index in [0.29, 0.717) is 11.1 Å². The van der Waals surface area contributed by atoms with Crippen molar-refractivity contribution in [1.82, 2.24) is 0 Å². The molecule has 114 valence electrons. The number of carbonyl (C=O) groups is 1. The second-order valence-corrected chi connectivity index (χ2v) is 5.28. The average molecular weight is 324 g/mol. The third-order valence-corrected chi connectivity index (χ3v) is 3.71. The highest BCUT2D eigenvalue weighted by Crippen LogP contribution is 2.32. The number of benzene rings is 1. The SMILES string of the molecule is O=C(O)/C=C/C=C(/c1ccc(C(F)(F)F)cc1)c1cccs1. The van der Waals surface area contributed by atoms with Crippen molar-refractivity contribution in [3.05, 3.63) is 76.0 Å². The van der Waals surface area contributed by atoms with Crippen molar-refractivity contribution in [1.29, 1.82) is 0 Å². The molecule has 2 aromatic rings. The molecule has 0 aliphatic heterocycles. The van der Waals surface area contributed by atoms with Crippen LogP contribution in [0.3, 0.4) is 0 Å². The summed E-state index contributed by atoms with van der Waals surface area (Å²) < 4.78 is 37.8. The number of alkyl halides is 3. The first-order valence-corrected chi connectivity index (χ1v) is 7.08. The summed E-state index contributed by atoms with van der Waals surface area (Å²) in [6, 6.07) is 8.42. The van der Waals surface area contributed by atoms with Gasteiger partial charge in [-0.1, -0.05) is 30.4 Å². The summed E-state index contributed by atoms with van der Waals surface area (Å²) in [7, 11) is 0. The minimum atomic E-state index is -4.38. The molecule has 1 N–H and O–H groups in total. The van der Waals surface area contributed by atoms with E-state index in [1.165, 1.54) is 29.5 Å². The molecule has 0 unspecified atom stereocenters. The molecule has 2 rings (SSSR count). The summed E-state index contributed by atoms with van der Waals surface area (Å²) in [5, 5.41) is 10.5. The van der Waals surface area contributed by atoms with E-state index in [9.17, 15) is 18.0 Å². The van der Waals surface area contributed by atoms with Crippen LogP contribution in [0.1, 0.15) is 16.0 Å². The Hall–Kier alpha value is -2.34. The van der Waals surface area contributed by atoms with Crippen molar-refractivity contribution in [3.63, 3.8) is 0 Å². The fraction of sp³-hybridized carbons (Fsp3) is 0.0625. The van der Waals surface area contributed by atoms with Gasteiger partial charge in [0.15, 0.2) is 0 Å². The Bertz CT molecular complexity index is 696. The molecule has 6 heteroatoms. The maximum absolute atomic E-state index is 12.6. The first-order chi connectivity index (χ1) is 10.4. The van der Waals surface area contributed by atoms with E-state index < -0.39 is 17.7 Å². The number of aliphatic carboxylic acids is 1. The van der Waals surface area contributed by atoms with E-state index in [1.807, 2.05) is 17.5 Å². The van der Waals surface area contributed by atoms with Crippen LogP contribution in [0.15, 0.2) is 60.0 Å². The predicted octanol–water partition coefficient (Wildman–Crippen LogP) is 4.84. The van der Waals surface area contributed by atoms with Crippen LogP contribution < -0.4 is 0 Å². The second-order valence-electron chi connectivity index (χ2n) is 4.33. The Morgan fingerprint density at radius 1 is 1.14 bits per heavy atom. The molecule has 22 heavy (non-hydrogen) atoms.